The number of nitrogens with zero attached hydrogens (tertiary/aromatic N) is 1. The van der Waals surface area contributed by atoms with E-state index in [1.54, 1.807) is 12.1 Å². The predicted octanol–water partition coefficient (Wildman–Crippen LogP) is 1.85. The van der Waals surface area contributed by atoms with Crippen LogP contribution in [0.25, 0.3) is 0 Å². The minimum Gasteiger partial charge on any atom is -0.478 e. The molecule has 0 saturated carbocycles. The van der Waals surface area contributed by atoms with Crippen LogP contribution < -0.4 is 10.6 Å². The molecule has 114 valence electrons. The second kappa shape index (κ2) is 7.08. The van der Waals surface area contributed by atoms with Gasteiger partial charge in [-0.25, -0.2) is 9.59 Å². The summed E-state index contributed by atoms with van der Waals surface area (Å²) in [6.45, 7) is 2.82. The first kappa shape index (κ1) is 15.3. The summed E-state index contributed by atoms with van der Waals surface area (Å²) in [4.78, 5) is 24.8. The van der Waals surface area contributed by atoms with E-state index in [1.165, 1.54) is 12.1 Å². The number of nitrogens with one attached hydrogen (secondary N) is 2. The number of carboxylic acids is 1. The van der Waals surface area contributed by atoms with E-state index in [1.807, 2.05) is 0 Å². The smallest absolute Gasteiger partial charge is 0.335 e. The van der Waals surface area contributed by atoms with Crippen molar-refractivity contribution < 1.29 is 14.7 Å². The molecule has 1 fully saturated rings. The summed E-state index contributed by atoms with van der Waals surface area (Å²) in [6.07, 6.45) is 2.20. The SMILES string of the molecule is CN1CCC(CNC(=O)Nc2ccc(C(=O)O)cc2)CC1. The third-order valence-electron chi connectivity index (χ3n) is 3.78. The molecule has 3 N–H and O–H groups in total. The maximum atomic E-state index is 11.8. The van der Waals surface area contributed by atoms with E-state index in [-0.39, 0.29) is 11.6 Å². The molecule has 1 aliphatic rings. The van der Waals surface area contributed by atoms with Crippen molar-refractivity contribution in [1.82, 2.24) is 10.2 Å². The van der Waals surface area contributed by atoms with Gasteiger partial charge in [0.1, 0.15) is 0 Å². The molecule has 0 spiro atoms. The molecule has 0 atom stereocenters. The second-order valence-corrected chi connectivity index (χ2v) is 5.46. The quantitative estimate of drug-likeness (QED) is 0.790. The van der Waals surface area contributed by atoms with Crippen molar-refractivity contribution in [3.05, 3.63) is 29.8 Å². The lowest BCUT2D eigenvalue weighted by atomic mass is 9.97. The molecular formula is C15H21N3O3. The monoisotopic (exact) mass is 291 g/mol. The number of piperidine rings is 1. The van der Waals surface area contributed by atoms with E-state index in [2.05, 4.69) is 22.6 Å². The number of hydrogen-bond acceptors (Lipinski definition) is 3. The molecule has 21 heavy (non-hydrogen) atoms. The van der Waals surface area contributed by atoms with Gasteiger partial charge in [0.25, 0.3) is 0 Å². The highest BCUT2D eigenvalue weighted by Gasteiger charge is 2.17. The van der Waals surface area contributed by atoms with E-state index in [9.17, 15) is 9.59 Å². The van der Waals surface area contributed by atoms with Gasteiger partial charge in [0.15, 0.2) is 0 Å². The van der Waals surface area contributed by atoms with Crippen LogP contribution in [0.5, 0.6) is 0 Å². The normalized spacial score (nSPS) is 16.4. The Labute approximate surface area is 124 Å². The number of amides is 2. The summed E-state index contributed by atoms with van der Waals surface area (Å²) in [5.74, 6) is -0.449. The molecule has 1 aromatic rings. The number of aromatic carboxylic acids is 1. The van der Waals surface area contributed by atoms with Crippen molar-refractivity contribution in [3.63, 3.8) is 0 Å². The third kappa shape index (κ3) is 4.75. The van der Waals surface area contributed by atoms with Gasteiger partial charge >= 0.3 is 12.0 Å². The van der Waals surface area contributed by atoms with Crippen molar-refractivity contribution in [2.45, 2.75) is 12.8 Å². The van der Waals surface area contributed by atoms with E-state index in [4.69, 9.17) is 5.11 Å². The zero-order valence-electron chi connectivity index (χ0n) is 12.1. The molecule has 1 saturated heterocycles. The Morgan fingerprint density at radius 1 is 1.24 bits per heavy atom. The molecule has 0 radical (unpaired) electrons. The molecular weight excluding hydrogens is 270 g/mol. The van der Waals surface area contributed by atoms with Crippen molar-refractivity contribution in [1.29, 1.82) is 0 Å². The summed E-state index contributed by atoms with van der Waals surface area (Å²) < 4.78 is 0. The Hall–Kier alpha value is -2.08. The highest BCUT2D eigenvalue weighted by atomic mass is 16.4. The van der Waals surface area contributed by atoms with Gasteiger partial charge in [-0.1, -0.05) is 0 Å². The lowest BCUT2D eigenvalue weighted by Crippen LogP contribution is -2.38. The molecule has 0 aromatic heterocycles. The lowest BCUT2D eigenvalue weighted by molar-refractivity contribution is 0.0697. The van der Waals surface area contributed by atoms with Crippen LogP contribution in [0.1, 0.15) is 23.2 Å². The molecule has 2 rings (SSSR count). The van der Waals surface area contributed by atoms with E-state index < -0.39 is 5.97 Å². The van der Waals surface area contributed by atoms with Gasteiger partial charge in [-0.05, 0) is 63.2 Å². The Morgan fingerprint density at radius 2 is 1.86 bits per heavy atom. The minimum atomic E-state index is -0.978. The molecule has 1 heterocycles. The molecule has 6 heteroatoms. The summed E-state index contributed by atoms with van der Waals surface area (Å²) >= 11 is 0. The summed E-state index contributed by atoms with van der Waals surface area (Å²) in [6, 6.07) is 5.85. The summed E-state index contributed by atoms with van der Waals surface area (Å²) in [5.41, 5.74) is 0.785. The van der Waals surface area contributed by atoms with Gasteiger partial charge in [0, 0.05) is 12.2 Å². The topological polar surface area (TPSA) is 81.7 Å². The van der Waals surface area contributed by atoms with Gasteiger partial charge < -0.3 is 20.6 Å². The number of hydrogen-bond donors (Lipinski definition) is 3. The zero-order chi connectivity index (χ0) is 15.2. The maximum absolute atomic E-state index is 11.8. The molecule has 2 amide bonds. The van der Waals surface area contributed by atoms with Crippen molar-refractivity contribution >= 4 is 17.7 Å². The molecule has 1 aromatic carbocycles. The molecule has 0 bridgehead atoms. The fraction of sp³-hybridized carbons (Fsp3) is 0.467. The van der Waals surface area contributed by atoms with Gasteiger partial charge in [0.2, 0.25) is 0 Å². The van der Waals surface area contributed by atoms with Crippen LogP contribution in [-0.4, -0.2) is 48.7 Å². The van der Waals surface area contributed by atoms with E-state index >= 15 is 0 Å². The summed E-state index contributed by atoms with van der Waals surface area (Å²) in [7, 11) is 2.11. The lowest BCUT2D eigenvalue weighted by Gasteiger charge is -2.28. The fourth-order valence-electron chi connectivity index (χ4n) is 2.37. The Bertz CT molecular complexity index is 493. The average molecular weight is 291 g/mol. The molecule has 6 nitrogen and oxygen atoms in total. The Kier molecular flexibility index (Phi) is 5.16. The van der Waals surface area contributed by atoms with Crippen LogP contribution in [0.15, 0.2) is 24.3 Å². The first-order chi connectivity index (χ1) is 10.0. The van der Waals surface area contributed by atoms with Gasteiger partial charge in [0.05, 0.1) is 5.56 Å². The first-order valence-electron chi connectivity index (χ1n) is 7.11. The van der Waals surface area contributed by atoms with Crippen LogP contribution in [0.4, 0.5) is 10.5 Å². The highest BCUT2D eigenvalue weighted by molar-refractivity contribution is 5.91. The van der Waals surface area contributed by atoms with Gasteiger partial charge in [-0.15, -0.1) is 0 Å². The van der Waals surface area contributed by atoms with Gasteiger partial charge in [-0.3, -0.25) is 0 Å². The van der Waals surface area contributed by atoms with Crippen molar-refractivity contribution in [2.24, 2.45) is 5.92 Å². The average Bonchev–Trinajstić information content (AvgIpc) is 2.47. The van der Waals surface area contributed by atoms with Crippen LogP contribution in [0.3, 0.4) is 0 Å². The largest absolute Gasteiger partial charge is 0.478 e. The minimum absolute atomic E-state index is 0.201. The molecule has 1 aliphatic heterocycles. The number of likely N-dealkylation sites (tertiary alicyclic amines) is 1. The fourth-order valence-corrected chi connectivity index (χ4v) is 2.37. The van der Waals surface area contributed by atoms with Crippen molar-refractivity contribution in [3.8, 4) is 0 Å². The van der Waals surface area contributed by atoms with Crippen LogP contribution in [0.2, 0.25) is 0 Å². The number of carbonyl (C=O) groups is 2. The van der Waals surface area contributed by atoms with Crippen LogP contribution >= 0.6 is 0 Å². The number of anilines is 1. The van der Waals surface area contributed by atoms with E-state index in [0.29, 0.717) is 18.2 Å². The second-order valence-electron chi connectivity index (χ2n) is 5.46. The number of urea groups is 1. The molecule has 0 aliphatic carbocycles. The molecule has 0 unspecified atom stereocenters. The van der Waals surface area contributed by atoms with Crippen LogP contribution in [-0.2, 0) is 0 Å². The first-order valence-corrected chi connectivity index (χ1v) is 7.11. The highest BCUT2D eigenvalue weighted by Crippen LogP contribution is 2.15. The number of carboxylic acid groups (broad SMARTS) is 1. The van der Waals surface area contributed by atoms with E-state index in [0.717, 1.165) is 25.9 Å². The number of carbonyl (C=O) groups excluding carboxylic acids is 1. The number of rotatable bonds is 4. The standard InChI is InChI=1S/C15H21N3O3/c1-18-8-6-11(7-9-18)10-16-15(21)17-13-4-2-12(3-5-13)14(19)20/h2-5,11H,6-10H2,1H3,(H,19,20)(H2,16,17,21). The van der Waals surface area contributed by atoms with Gasteiger partial charge in [-0.2, -0.15) is 0 Å². The zero-order valence-corrected chi connectivity index (χ0v) is 12.1. The summed E-state index contributed by atoms with van der Waals surface area (Å²) in [5, 5.41) is 14.4. The maximum Gasteiger partial charge on any atom is 0.335 e. The Morgan fingerprint density at radius 3 is 2.43 bits per heavy atom. The Balaban J connectivity index is 1.75. The number of benzene rings is 1. The van der Waals surface area contributed by atoms with Crippen LogP contribution in [0, 0.1) is 5.92 Å². The van der Waals surface area contributed by atoms with Crippen molar-refractivity contribution in [2.75, 3.05) is 32.0 Å². The third-order valence-corrected chi connectivity index (χ3v) is 3.78. The predicted molar refractivity (Wildman–Crippen MR) is 80.6 cm³/mol.